The number of ether oxygens (including phenoxy) is 4. The Balaban J connectivity index is 1.80. The summed E-state index contributed by atoms with van der Waals surface area (Å²) in [7, 11) is 5.96. The van der Waals surface area contributed by atoms with Crippen molar-refractivity contribution < 1.29 is 27.8 Å². The number of aromatic nitrogens is 2. The monoisotopic (exact) mass is 490 g/mol. The summed E-state index contributed by atoms with van der Waals surface area (Å²) in [5.41, 5.74) is 0.863. The average Bonchev–Trinajstić information content (AvgIpc) is 3.36. The molecule has 0 radical (unpaired) electrons. The van der Waals surface area contributed by atoms with Crippen LogP contribution in [0.5, 0.6) is 23.0 Å². The average molecular weight is 490 g/mol. The van der Waals surface area contributed by atoms with E-state index in [2.05, 4.69) is 9.97 Å². The second kappa shape index (κ2) is 8.81. The fourth-order valence-electron chi connectivity index (χ4n) is 4.36. The number of hydrogen-bond acceptors (Lipinski definition) is 9. The van der Waals surface area contributed by atoms with Crippen LogP contribution in [0, 0.1) is 6.92 Å². The van der Waals surface area contributed by atoms with Crippen LogP contribution < -0.4 is 30.1 Å². The van der Waals surface area contributed by atoms with Crippen LogP contribution in [0.15, 0.2) is 55.0 Å². The van der Waals surface area contributed by atoms with E-state index in [4.69, 9.17) is 27.8 Å². The number of fused-ring (bicyclic) bond motifs is 2. The third-order valence-corrected chi connectivity index (χ3v) is 5.94. The minimum atomic E-state index is -0.633. The third-order valence-electron chi connectivity index (χ3n) is 5.94. The SMILES string of the molecule is COc1ccc(-c2cc(-c3c(C)oc4c(OC)c5occc5c(OC)c4c3=O)[nH]c(=O)n2)cc1OC. The number of aromatic amines is 1. The standard InChI is InChI=1S/C26H22N2O8/c1-12-19(16-11-15(27-26(30)28-16)13-6-7-17(31-2)18(10-13)32-3)21(29)20-22(33-4)14-8-9-35-23(14)25(34-5)24(20)36-12/h6-11H,1-5H3,(H,27,28,30). The topological polar surface area (TPSA) is 126 Å². The summed E-state index contributed by atoms with van der Waals surface area (Å²) in [5.74, 6) is 1.82. The molecule has 0 saturated heterocycles. The van der Waals surface area contributed by atoms with Gasteiger partial charge in [-0.1, -0.05) is 0 Å². The number of methoxy groups -OCH3 is 4. The van der Waals surface area contributed by atoms with Crippen LogP contribution in [0.3, 0.4) is 0 Å². The Labute approximate surface area is 204 Å². The summed E-state index contributed by atoms with van der Waals surface area (Å²) in [6, 6.07) is 8.43. The summed E-state index contributed by atoms with van der Waals surface area (Å²) in [4.78, 5) is 33.2. The molecule has 10 nitrogen and oxygen atoms in total. The van der Waals surface area contributed by atoms with E-state index in [1.165, 1.54) is 34.7 Å². The Morgan fingerprint density at radius 2 is 1.61 bits per heavy atom. The largest absolute Gasteiger partial charge is 0.495 e. The minimum absolute atomic E-state index is 0.159. The van der Waals surface area contributed by atoms with Crippen LogP contribution in [0.25, 0.3) is 44.5 Å². The van der Waals surface area contributed by atoms with Crippen LogP contribution >= 0.6 is 0 Å². The van der Waals surface area contributed by atoms with Crippen molar-refractivity contribution in [3.05, 3.63) is 63.1 Å². The zero-order chi connectivity index (χ0) is 25.6. The molecule has 0 atom stereocenters. The second-order valence-electron chi connectivity index (χ2n) is 7.85. The van der Waals surface area contributed by atoms with Gasteiger partial charge in [-0.05, 0) is 37.3 Å². The lowest BCUT2D eigenvalue weighted by Gasteiger charge is -2.14. The van der Waals surface area contributed by atoms with Gasteiger partial charge in [0.25, 0.3) is 0 Å². The van der Waals surface area contributed by atoms with Gasteiger partial charge in [-0.15, -0.1) is 0 Å². The zero-order valence-corrected chi connectivity index (χ0v) is 20.2. The van der Waals surface area contributed by atoms with Gasteiger partial charge in [0.2, 0.25) is 11.2 Å². The fourth-order valence-corrected chi connectivity index (χ4v) is 4.36. The van der Waals surface area contributed by atoms with Crippen LogP contribution in [-0.4, -0.2) is 38.4 Å². The Morgan fingerprint density at radius 3 is 2.31 bits per heavy atom. The molecule has 36 heavy (non-hydrogen) atoms. The molecule has 0 aliphatic carbocycles. The third kappa shape index (κ3) is 3.46. The molecule has 3 heterocycles. The Bertz CT molecular complexity index is 1750. The van der Waals surface area contributed by atoms with Crippen molar-refractivity contribution in [3.63, 3.8) is 0 Å². The first-order valence-electron chi connectivity index (χ1n) is 10.8. The van der Waals surface area contributed by atoms with Gasteiger partial charge in [-0.2, -0.15) is 4.98 Å². The van der Waals surface area contributed by atoms with Crippen molar-refractivity contribution in [1.29, 1.82) is 0 Å². The number of rotatable bonds is 6. The molecule has 0 spiro atoms. The smallest absolute Gasteiger partial charge is 0.345 e. The molecule has 0 fully saturated rings. The van der Waals surface area contributed by atoms with Crippen molar-refractivity contribution >= 4 is 21.9 Å². The molecule has 0 aliphatic heterocycles. The summed E-state index contributed by atoms with van der Waals surface area (Å²) in [6.45, 7) is 1.63. The van der Waals surface area contributed by atoms with Gasteiger partial charge in [-0.3, -0.25) is 4.79 Å². The number of benzene rings is 2. The molecule has 1 N–H and O–H groups in total. The number of aryl methyl sites for hydroxylation is 1. The van der Waals surface area contributed by atoms with Crippen LogP contribution in [0.1, 0.15) is 5.76 Å². The molecule has 0 bridgehead atoms. The Hall–Kier alpha value is -4.73. The molecular weight excluding hydrogens is 468 g/mol. The predicted octanol–water partition coefficient (Wildman–Crippen LogP) is 4.30. The molecule has 0 aliphatic rings. The first-order chi connectivity index (χ1) is 17.4. The van der Waals surface area contributed by atoms with Gasteiger partial charge < -0.3 is 32.8 Å². The molecule has 5 rings (SSSR count). The van der Waals surface area contributed by atoms with E-state index in [0.717, 1.165) is 0 Å². The Kier molecular flexibility index (Phi) is 5.63. The van der Waals surface area contributed by atoms with Crippen molar-refractivity contribution in [2.75, 3.05) is 28.4 Å². The van der Waals surface area contributed by atoms with Gasteiger partial charge in [0.1, 0.15) is 16.9 Å². The molecule has 5 aromatic rings. The highest BCUT2D eigenvalue weighted by molar-refractivity contribution is 6.07. The van der Waals surface area contributed by atoms with Crippen LogP contribution in [0.4, 0.5) is 0 Å². The van der Waals surface area contributed by atoms with Crippen molar-refractivity contribution in [2.24, 2.45) is 0 Å². The molecule has 10 heteroatoms. The molecule has 0 saturated carbocycles. The van der Waals surface area contributed by atoms with Crippen molar-refractivity contribution in [1.82, 2.24) is 9.97 Å². The fraction of sp³-hybridized carbons (Fsp3) is 0.192. The number of nitrogens with one attached hydrogen (secondary N) is 1. The van der Waals surface area contributed by atoms with Crippen LogP contribution in [0.2, 0.25) is 0 Å². The van der Waals surface area contributed by atoms with Gasteiger partial charge in [0.05, 0.1) is 57.0 Å². The van der Waals surface area contributed by atoms with E-state index in [0.29, 0.717) is 33.7 Å². The Morgan fingerprint density at radius 1 is 0.861 bits per heavy atom. The maximum atomic E-state index is 13.9. The number of H-pyrrole nitrogens is 1. The summed E-state index contributed by atoms with van der Waals surface area (Å²) >= 11 is 0. The number of nitrogens with zero attached hydrogens (tertiary/aromatic N) is 1. The molecule has 0 unspecified atom stereocenters. The van der Waals surface area contributed by atoms with Crippen molar-refractivity contribution in [2.45, 2.75) is 6.92 Å². The van der Waals surface area contributed by atoms with E-state index in [1.807, 2.05) is 0 Å². The lowest BCUT2D eigenvalue weighted by Crippen LogP contribution is -2.16. The molecule has 2 aromatic carbocycles. The quantitative estimate of drug-likeness (QED) is 0.371. The predicted molar refractivity (Wildman–Crippen MR) is 132 cm³/mol. The molecule has 0 amide bonds. The van der Waals surface area contributed by atoms with E-state index >= 15 is 0 Å². The highest BCUT2D eigenvalue weighted by Crippen LogP contribution is 2.43. The van der Waals surface area contributed by atoms with Gasteiger partial charge in [0, 0.05) is 5.56 Å². The lowest BCUT2D eigenvalue weighted by atomic mass is 10.0. The highest BCUT2D eigenvalue weighted by atomic mass is 16.5. The lowest BCUT2D eigenvalue weighted by molar-refractivity contribution is 0.355. The maximum Gasteiger partial charge on any atom is 0.345 e. The summed E-state index contributed by atoms with van der Waals surface area (Å²) < 4.78 is 33.4. The van der Waals surface area contributed by atoms with Gasteiger partial charge in [0.15, 0.2) is 22.7 Å². The molecule has 184 valence electrons. The zero-order valence-electron chi connectivity index (χ0n) is 20.2. The number of furan rings is 1. The molecular formula is C26H22N2O8. The van der Waals surface area contributed by atoms with E-state index in [-0.39, 0.29) is 39.5 Å². The van der Waals surface area contributed by atoms with Gasteiger partial charge in [-0.25, -0.2) is 4.79 Å². The first-order valence-corrected chi connectivity index (χ1v) is 10.8. The first kappa shape index (κ1) is 23.0. The van der Waals surface area contributed by atoms with E-state index in [1.54, 1.807) is 37.3 Å². The van der Waals surface area contributed by atoms with Crippen molar-refractivity contribution in [3.8, 4) is 45.5 Å². The maximum absolute atomic E-state index is 13.9. The second-order valence-corrected chi connectivity index (χ2v) is 7.85. The van der Waals surface area contributed by atoms with Gasteiger partial charge >= 0.3 is 5.69 Å². The summed E-state index contributed by atoms with van der Waals surface area (Å²) in [6.07, 6.45) is 1.47. The normalized spacial score (nSPS) is 11.1. The number of hydrogen-bond donors (Lipinski definition) is 1. The molecule has 3 aromatic heterocycles. The van der Waals surface area contributed by atoms with Crippen LogP contribution in [-0.2, 0) is 0 Å². The summed E-state index contributed by atoms with van der Waals surface area (Å²) in [5, 5.41) is 0.715. The highest BCUT2D eigenvalue weighted by Gasteiger charge is 2.26. The van der Waals surface area contributed by atoms with E-state index in [9.17, 15) is 9.59 Å². The minimum Gasteiger partial charge on any atom is -0.495 e. The van der Waals surface area contributed by atoms with E-state index < -0.39 is 11.1 Å².